The van der Waals surface area contributed by atoms with Crippen molar-refractivity contribution in [3.05, 3.63) is 42.5 Å². The second-order valence-corrected chi connectivity index (χ2v) is 6.21. The summed E-state index contributed by atoms with van der Waals surface area (Å²) in [6, 6.07) is 13.4. The van der Waals surface area contributed by atoms with Gasteiger partial charge in [0.15, 0.2) is 23.0 Å². The molecule has 2 aromatic rings. The molecule has 138 valence electrons. The number of hydrogen-bond acceptors (Lipinski definition) is 6. The zero-order valence-electron chi connectivity index (χ0n) is 14.6. The van der Waals surface area contributed by atoms with E-state index in [4.69, 9.17) is 23.7 Å². The van der Waals surface area contributed by atoms with Gasteiger partial charge in [-0.25, -0.2) is 0 Å². The van der Waals surface area contributed by atoms with Crippen molar-refractivity contribution in [2.75, 3.05) is 39.5 Å². The maximum absolute atomic E-state index is 5.92. The number of hydrogen-bond donors (Lipinski definition) is 1. The zero-order chi connectivity index (χ0) is 17.6. The number of nitrogens with one attached hydrogen (secondary N) is 1. The molecule has 0 aromatic heterocycles. The summed E-state index contributed by atoms with van der Waals surface area (Å²) in [5.41, 5.74) is 0. The summed E-state index contributed by atoms with van der Waals surface area (Å²) >= 11 is 0. The van der Waals surface area contributed by atoms with Crippen LogP contribution in [0.3, 0.4) is 0 Å². The molecule has 2 aliphatic rings. The van der Waals surface area contributed by atoms with Crippen molar-refractivity contribution in [2.45, 2.75) is 12.5 Å². The summed E-state index contributed by atoms with van der Waals surface area (Å²) in [5, 5.41) is 3.39. The fourth-order valence-electron chi connectivity index (χ4n) is 2.93. The summed E-state index contributed by atoms with van der Waals surface area (Å²) in [5.74, 6) is 3.96. The molecule has 0 radical (unpaired) electrons. The first-order chi connectivity index (χ1) is 12.9. The highest BCUT2D eigenvalue weighted by atomic mass is 16.6. The Balaban J connectivity index is 1.13. The summed E-state index contributed by atoms with van der Waals surface area (Å²) in [7, 11) is 0. The van der Waals surface area contributed by atoms with E-state index in [1.54, 1.807) is 0 Å². The first-order valence-corrected chi connectivity index (χ1v) is 9.00. The summed E-state index contributed by atoms with van der Waals surface area (Å²) < 4.78 is 28.5. The Morgan fingerprint density at radius 3 is 2.65 bits per heavy atom. The van der Waals surface area contributed by atoms with Crippen molar-refractivity contribution in [3.63, 3.8) is 0 Å². The summed E-state index contributed by atoms with van der Waals surface area (Å²) in [4.78, 5) is 0. The lowest BCUT2D eigenvalue weighted by molar-refractivity contribution is 0.0902. The molecule has 2 heterocycles. The standard InChI is InChI=1S/C20H23NO5/c1-2-5-19-17(4-1)25-14-16(26-19)13-21-8-3-9-22-15-6-7-18-20(12-15)24-11-10-23-18/h1-2,4-7,12,16,21H,3,8-11,13-14H2/t16-/m0/s1. The van der Waals surface area contributed by atoms with Gasteiger partial charge >= 0.3 is 0 Å². The van der Waals surface area contributed by atoms with Crippen molar-refractivity contribution in [1.29, 1.82) is 0 Å². The Hall–Kier alpha value is -2.60. The second-order valence-electron chi connectivity index (χ2n) is 6.21. The van der Waals surface area contributed by atoms with Crippen LogP contribution in [0.25, 0.3) is 0 Å². The van der Waals surface area contributed by atoms with E-state index in [1.165, 1.54) is 0 Å². The predicted molar refractivity (Wildman–Crippen MR) is 96.8 cm³/mol. The van der Waals surface area contributed by atoms with Gasteiger partial charge in [-0.15, -0.1) is 0 Å². The van der Waals surface area contributed by atoms with Gasteiger partial charge in [0.05, 0.1) is 6.61 Å². The topological polar surface area (TPSA) is 58.2 Å². The molecular formula is C20H23NO5. The monoisotopic (exact) mass is 357 g/mol. The fraction of sp³-hybridized carbons (Fsp3) is 0.400. The van der Waals surface area contributed by atoms with Crippen LogP contribution in [-0.2, 0) is 0 Å². The van der Waals surface area contributed by atoms with Crippen LogP contribution in [0.2, 0.25) is 0 Å². The van der Waals surface area contributed by atoms with E-state index in [1.807, 2.05) is 42.5 Å². The quantitative estimate of drug-likeness (QED) is 0.769. The lowest BCUT2D eigenvalue weighted by Gasteiger charge is -2.26. The molecule has 1 atom stereocenters. The number of benzene rings is 2. The molecular weight excluding hydrogens is 334 g/mol. The van der Waals surface area contributed by atoms with E-state index < -0.39 is 0 Å². The molecule has 0 unspecified atom stereocenters. The lowest BCUT2D eigenvalue weighted by atomic mass is 10.2. The minimum absolute atomic E-state index is 0.0311. The Morgan fingerprint density at radius 1 is 0.923 bits per heavy atom. The smallest absolute Gasteiger partial charge is 0.165 e. The molecule has 6 heteroatoms. The fourth-order valence-corrected chi connectivity index (χ4v) is 2.93. The van der Waals surface area contributed by atoms with E-state index in [0.717, 1.165) is 48.3 Å². The summed E-state index contributed by atoms with van der Waals surface area (Å²) in [6.07, 6.45) is 0.933. The SMILES string of the molecule is c1ccc2c(c1)OC[C@H](CNCCCOc1ccc3c(c1)OCCO3)O2. The molecule has 6 nitrogen and oxygen atoms in total. The first-order valence-electron chi connectivity index (χ1n) is 9.00. The molecule has 2 aromatic carbocycles. The van der Waals surface area contributed by atoms with Crippen LogP contribution in [0.1, 0.15) is 6.42 Å². The molecule has 1 N–H and O–H groups in total. The third kappa shape index (κ3) is 4.14. The normalized spacial score (nSPS) is 17.6. The maximum atomic E-state index is 5.92. The van der Waals surface area contributed by atoms with Crippen molar-refractivity contribution in [1.82, 2.24) is 5.32 Å². The number of fused-ring (bicyclic) bond motifs is 2. The van der Waals surface area contributed by atoms with Gasteiger partial charge in [-0.2, -0.15) is 0 Å². The molecule has 0 spiro atoms. The zero-order valence-corrected chi connectivity index (χ0v) is 14.6. The van der Waals surface area contributed by atoms with Crippen LogP contribution in [0.4, 0.5) is 0 Å². The Bertz CT molecular complexity index is 736. The van der Waals surface area contributed by atoms with Crippen LogP contribution in [0.5, 0.6) is 28.7 Å². The van der Waals surface area contributed by atoms with Gasteiger partial charge < -0.3 is 29.0 Å². The van der Waals surface area contributed by atoms with Crippen LogP contribution in [-0.4, -0.2) is 45.6 Å². The maximum Gasteiger partial charge on any atom is 0.165 e. The van der Waals surface area contributed by atoms with E-state index in [2.05, 4.69) is 5.32 Å². The van der Waals surface area contributed by atoms with Gasteiger partial charge in [0.1, 0.15) is 31.7 Å². The number of para-hydroxylation sites is 2. The molecule has 2 aliphatic heterocycles. The van der Waals surface area contributed by atoms with Gasteiger partial charge in [0.2, 0.25) is 0 Å². The molecule has 26 heavy (non-hydrogen) atoms. The van der Waals surface area contributed by atoms with Crippen molar-refractivity contribution in [2.24, 2.45) is 0 Å². The third-order valence-electron chi connectivity index (χ3n) is 4.22. The Labute approximate surface area is 153 Å². The number of ether oxygens (including phenoxy) is 5. The van der Waals surface area contributed by atoms with Gasteiger partial charge in [0, 0.05) is 12.6 Å². The van der Waals surface area contributed by atoms with Crippen LogP contribution < -0.4 is 29.0 Å². The number of rotatable bonds is 7. The lowest BCUT2D eigenvalue weighted by Crippen LogP contribution is -2.39. The highest BCUT2D eigenvalue weighted by molar-refractivity contribution is 5.46. The van der Waals surface area contributed by atoms with E-state index in [0.29, 0.717) is 26.4 Å². The van der Waals surface area contributed by atoms with Gasteiger partial charge in [-0.3, -0.25) is 0 Å². The van der Waals surface area contributed by atoms with Gasteiger partial charge in [-0.05, 0) is 37.2 Å². The summed E-state index contributed by atoms with van der Waals surface area (Å²) in [6.45, 7) is 3.98. The van der Waals surface area contributed by atoms with Crippen LogP contribution >= 0.6 is 0 Å². The molecule has 0 saturated heterocycles. The van der Waals surface area contributed by atoms with Gasteiger partial charge in [0.25, 0.3) is 0 Å². The highest BCUT2D eigenvalue weighted by Crippen LogP contribution is 2.33. The van der Waals surface area contributed by atoms with Crippen LogP contribution in [0.15, 0.2) is 42.5 Å². The van der Waals surface area contributed by atoms with E-state index >= 15 is 0 Å². The largest absolute Gasteiger partial charge is 0.493 e. The Kier molecular flexibility index (Phi) is 5.30. The third-order valence-corrected chi connectivity index (χ3v) is 4.22. The highest BCUT2D eigenvalue weighted by Gasteiger charge is 2.19. The molecule has 0 saturated carbocycles. The van der Waals surface area contributed by atoms with Crippen molar-refractivity contribution < 1.29 is 23.7 Å². The average Bonchev–Trinajstić information content (AvgIpc) is 2.70. The molecule has 0 fully saturated rings. The predicted octanol–water partition coefficient (Wildman–Crippen LogP) is 2.66. The first kappa shape index (κ1) is 16.8. The molecule has 0 aliphatic carbocycles. The molecule has 0 bridgehead atoms. The minimum atomic E-state index is 0.0311. The minimum Gasteiger partial charge on any atom is -0.493 e. The Morgan fingerprint density at radius 2 is 1.73 bits per heavy atom. The van der Waals surface area contributed by atoms with Crippen molar-refractivity contribution in [3.8, 4) is 28.7 Å². The van der Waals surface area contributed by atoms with E-state index in [9.17, 15) is 0 Å². The van der Waals surface area contributed by atoms with Crippen molar-refractivity contribution >= 4 is 0 Å². The van der Waals surface area contributed by atoms with E-state index in [-0.39, 0.29) is 6.10 Å². The van der Waals surface area contributed by atoms with Crippen LogP contribution in [0, 0.1) is 0 Å². The molecule has 0 amide bonds. The molecule has 4 rings (SSSR count). The second kappa shape index (κ2) is 8.19. The average molecular weight is 357 g/mol. The van der Waals surface area contributed by atoms with Gasteiger partial charge in [-0.1, -0.05) is 12.1 Å².